The van der Waals surface area contributed by atoms with Gasteiger partial charge in [0.1, 0.15) is 5.52 Å². The van der Waals surface area contributed by atoms with Crippen LogP contribution in [-0.2, 0) is 0 Å². The van der Waals surface area contributed by atoms with Crippen molar-refractivity contribution in [1.29, 1.82) is 0 Å². The molecule has 0 radical (unpaired) electrons. The van der Waals surface area contributed by atoms with Crippen molar-refractivity contribution < 1.29 is 9.59 Å². The quantitative estimate of drug-likeness (QED) is 0.483. The highest BCUT2D eigenvalue weighted by molar-refractivity contribution is 5.96. The van der Waals surface area contributed by atoms with Crippen LogP contribution >= 0.6 is 0 Å². The molecular weight excluding hydrogens is 370 g/mol. The summed E-state index contributed by atoms with van der Waals surface area (Å²) in [6, 6.07) is 12.1. The van der Waals surface area contributed by atoms with Crippen LogP contribution in [0.2, 0.25) is 0 Å². The van der Waals surface area contributed by atoms with Gasteiger partial charge in [-0.3, -0.25) is 9.69 Å². The highest BCUT2D eigenvalue weighted by Crippen LogP contribution is 2.30. The number of carbonyl (C=O) groups is 2. The van der Waals surface area contributed by atoms with Gasteiger partial charge >= 0.3 is 6.03 Å². The first kappa shape index (κ1) is 18.2. The SMILES string of the molecule is CCN(C(N)=O)c1nc2c(-n3cccn3)cc(-c3cccc(C(N)=O)c3)cc2[nH]1. The first-order valence-electron chi connectivity index (χ1n) is 8.99. The van der Waals surface area contributed by atoms with Gasteiger partial charge in [-0.1, -0.05) is 12.1 Å². The van der Waals surface area contributed by atoms with Gasteiger partial charge in [-0.15, -0.1) is 0 Å². The number of aromatic nitrogens is 4. The summed E-state index contributed by atoms with van der Waals surface area (Å²) in [6.45, 7) is 2.19. The number of fused-ring (bicyclic) bond motifs is 1. The number of hydrogen-bond donors (Lipinski definition) is 3. The maximum atomic E-state index is 11.7. The molecule has 0 spiro atoms. The van der Waals surface area contributed by atoms with Crippen LogP contribution in [0.3, 0.4) is 0 Å². The average Bonchev–Trinajstić information content (AvgIpc) is 3.37. The van der Waals surface area contributed by atoms with E-state index < -0.39 is 11.9 Å². The molecule has 0 aliphatic rings. The van der Waals surface area contributed by atoms with Crippen LogP contribution < -0.4 is 16.4 Å². The van der Waals surface area contributed by atoms with Gasteiger partial charge in [0.25, 0.3) is 0 Å². The summed E-state index contributed by atoms with van der Waals surface area (Å²) in [5.41, 5.74) is 15.0. The molecule has 0 saturated carbocycles. The Morgan fingerprint density at radius 2 is 1.97 bits per heavy atom. The molecule has 4 aromatic rings. The largest absolute Gasteiger partial charge is 0.366 e. The molecule has 0 fully saturated rings. The molecule has 5 N–H and O–H groups in total. The number of aromatic amines is 1. The molecule has 3 amide bonds. The Balaban J connectivity index is 1.94. The Morgan fingerprint density at radius 3 is 2.62 bits per heavy atom. The third-order valence-corrected chi connectivity index (χ3v) is 4.62. The third-order valence-electron chi connectivity index (χ3n) is 4.62. The van der Waals surface area contributed by atoms with Crippen LogP contribution in [0.25, 0.3) is 27.8 Å². The van der Waals surface area contributed by atoms with E-state index in [2.05, 4.69) is 15.1 Å². The smallest absolute Gasteiger partial charge is 0.321 e. The monoisotopic (exact) mass is 389 g/mol. The van der Waals surface area contributed by atoms with Crippen molar-refractivity contribution in [2.45, 2.75) is 6.92 Å². The predicted molar refractivity (Wildman–Crippen MR) is 110 cm³/mol. The molecule has 29 heavy (non-hydrogen) atoms. The van der Waals surface area contributed by atoms with Crippen molar-refractivity contribution in [2.24, 2.45) is 11.5 Å². The van der Waals surface area contributed by atoms with Crippen molar-refractivity contribution >= 4 is 28.9 Å². The van der Waals surface area contributed by atoms with Gasteiger partial charge in [0.2, 0.25) is 11.9 Å². The van der Waals surface area contributed by atoms with Gasteiger partial charge in [-0.05, 0) is 48.4 Å². The molecule has 0 aliphatic heterocycles. The Bertz CT molecular complexity index is 1210. The highest BCUT2D eigenvalue weighted by atomic mass is 16.2. The van der Waals surface area contributed by atoms with Gasteiger partial charge < -0.3 is 16.5 Å². The molecule has 0 unspecified atom stereocenters. The molecule has 0 bridgehead atoms. The molecule has 0 atom stereocenters. The van der Waals surface area contributed by atoms with E-state index in [0.717, 1.165) is 16.8 Å². The van der Waals surface area contributed by atoms with Gasteiger partial charge in [0.15, 0.2) is 0 Å². The average molecular weight is 389 g/mol. The number of anilines is 1. The number of nitrogens with one attached hydrogen (secondary N) is 1. The van der Waals surface area contributed by atoms with Crippen LogP contribution in [0.15, 0.2) is 54.9 Å². The summed E-state index contributed by atoms with van der Waals surface area (Å²) in [4.78, 5) is 32.4. The van der Waals surface area contributed by atoms with E-state index in [1.54, 1.807) is 35.3 Å². The van der Waals surface area contributed by atoms with Gasteiger partial charge in [0, 0.05) is 24.5 Å². The summed E-state index contributed by atoms with van der Waals surface area (Å²) in [5.74, 6) is -0.143. The number of nitrogens with zero attached hydrogens (tertiary/aromatic N) is 4. The molecule has 146 valence electrons. The number of carbonyl (C=O) groups excluding carboxylic acids is 2. The van der Waals surface area contributed by atoms with Gasteiger partial charge in [-0.2, -0.15) is 5.10 Å². The molecule has 9 heteroatoms. The number of benzene rings is 2. The second-order valence-electron chi connectivity index (χ2n) is 6.43. The summed E-state index contributed by atoms with van der Waals surface area (Å²) < 4.78 is 1.69. The second kappa shape index (κ2) is 7.12. The first-order valence-corrected chi connectivity index (χ1v) is 8.99. The standard InChI is InChI=1S/C20H19N7O2/c1-2-26(19(22)29)20-24-15-10-14(12-5-3-6-13(9-12)18(21)28)11-16(17(15)25-20)27-8-4-7-23-27/h3-11H,2H2,1H3,(H2,21,28)(H2,22,29)(H,24,25). The lowest BCUT2D eigenvalue weighted by atomic mass is 10.0. The maximum Gasteiger partial charge on any atom is 0.321 e. The van der Waals surface area contributed by atoms with Crippen LogP contribution in [0.5, 0.6) is 0 Å². The van der Waals surface area contributed by atoms with Crippen LogP contribution in [0, 0.1) is 0 Å². The predicted octanol–water partition coefficient (Wildman–Crippen LogP) is 2.42. The minimum Gasteiger partial charge on any atom is -0.366 e. The number of nitrogens with two attached hydrogens (primary N) is 2. The summed E-state index contributed by atoms with van der Waals surface area (Å²) in [5, 5.41) is 4.31. The molecule has 4 rings (SSSR count). The number of hydrogen-bond acceptors (Lipinski definition) is 4. The van der Waals surface area contributed by atoms with Crippen molar-refractivity contribution in [2.75, 3.05) is 11.4 Å². The molecule has 0 aliphatic carbocycles. The van der Waals surface area contributed by atoms with E-state index in [1.807, 2.05) is 31.2 Å². The second-order valence-corrected chi connectivity index (χ2v) is 6.43. The zero-order valence-electron chi connectivity index (χ0n) is 15.7. The van der Waals surface area contributed by atoms with E-state index in [9.17, 15) is 9.59 Å². The summed E-state index contributed by atoms with van der Waals surface area (Å²) in [6.07, 6.45) is 3.47. The van der Waals surface area contributed by atoms with E-state index in [0.29, 0.717) is 29.1 Å². The number of rotatable bonds is 5. The normalized spacial score (nSPS) is 10.9. The van der Waals surface area contributed by atoms with Crippen LogP contribution in [-0.4, -0.2) is 38.2 Å². The zero-order valence-corrected chi connectivity index (χ0v) is 15.7. The van der Waals surface area contributed by atoms with Crippen molar-refractivity contribution in [3.8, 4) is 16.8 Å². The minimum atomic E-state index is -0.596. The highest BCUT2D eigenvalue weighted by Gasteiger charge is 2.18. The summed E-state index contributed by atoms with van der Waals surface area (Å²) >= 11 is 0. The first-order chi connectivity index (χ1) is 14.0. The topological polar surface area (TPSA) is 136 Å². The fourth-order valence-corrected chi connectivity index (χ4v) is 3.23. The minimum absolute atomic E-state index is 0.353. The van der Waals surface area contributed by atoms with Gasteiger partial charge in [0.05, 0.1) is 11.2 Å². The molecular formula is C20H19N7O2. The molecule has 2 heterocycles. The Morgan fingerprint density at radius 1 is 1.14 bits per heavy atom. The van der Waals surface area contributed by atoms with Crippen molar-refractivity contribution in [3.05, 3.63) is 60.4 Å². The molecule has 0 saturated heterocycles. The summed E-state index contributed by atoms with van der Waals surface area (Å²) in [7, 11) is 0. The number of imidazole rings is 1. The van der Waals surface area contributed by atoms with E-state index in [-0.39, 0.29) is 0 Å². The zero-order chi connectivity index (χ0) is 20.5. The molecule has 2 aromatic carbocycles. The van der Waals surface area contributed by atoms with Crippen LogP contribution in [0.1, 0.15) is 17.3 Å². The number of urea groups is 1. The number of primary amides is 2. The lowest BCUT2D eigenvalue weighted by molar-refractivity contribution is 0.100. The fraction of sp³-hybridized carbons (Fsp3) is 0.100. The van der Waals surface area contributed by atoms with Gasteiger partial charge in [-0.25, -0.2) is 14.5 Å². The lowest BCUT2D eigenvalue weighted by Crippen LogP contribution is -2.36. The Kier molecular flexibility index (Phi) is 4.47. The van der Waals surface area contributed by atoms with Crippen molar-refractivity contribution in [3.63, 3.8) is 0 Å². The molecule has 9 nitrogen and oxygen atoms in total. The third kappa shape index (κ3) is 3.29. The van der Waals surface area contributed by atoms with E-state index >= 15 is 0 Å². The number of amides is 3. The fourth-order valence-electron chi connectivity index (χ4n) is 3.23. The van der Waals surface area contributed by atoms with E-state index in [1.165, 1.54) is 4.90 Å². The Labute approximate surface area is 165 Å². The van der Waals surface area contributed by atoms with Crippen molar-refractivity contribution in [1.82, 2.24) is 19.7 Å². The van der Waals surface area contributed by atoms with Crippen LogP contribution in [0.4, 0.5) is 10.7 Å². The molecule has 2 aromatic heterocycles. The Hall–Kier alpha value is -4.14. The number of H-pyrrole nitrogens is 1. The van der Waals surface area contributed by atoms with E-state index in [4.69, 9.17) is 11.5 Å². The maximum absolute atomic E-state index is 11.7. The lowest BCUT2D eigenvalue weighted by Gasteiger charge is -2.13.